The Morgan fingerprint density at radius 2 is 2.19 bits per heavy atom. The minimum atomic E-state index is -0.307. The zero-order chi connectivity index (χ0) is 18.2. The predicted molar refractivity (Wildman–Crippen MR) is 97.8 cm³/mol. The molecule has 0 amide bonds. The predicted octanol–water partition coefficient (Wildman–Crippen LogP) is 3.03. The first-order valence-electron chi connectivity index (χ1n) is 9.19. The maximum Gasteiger partial charge on any atom is 0.165 e. The number of hydrogen-bond donors (Lipinski definition) is 0. The number of nitrogens with zero attached hydrogens (tertiary/aromatic N) is 3. The SMILES string of the molecule is Cc1cc(CC[C@H]2CN(CCCOc3ccccc3F)CCO2)ncn1. The molecule has 2 heterocycles. The zero-order valence-electron chi connectivity index (χ0n) is 15.2. The molecule has 0 spiro atoms. The van der Waals surface area contributed by atoms with Crippen LogP contribution in [0.25, 0.3) is 0 Å². The van der Waals surface area contributed by atoms with Gasteiger partial charge in [0.25, 0.3) is 0 Å². The fourth-order valence-corrected chi connectivity index (χ4v) is 3.15. The van der Waals surface area contributed by atoms with Crippen molar-refractivity contribution in [1.29, 1.82) is 0 Å². The molecule has 0 bridgehead atoms. The van der Waals surface area contributed by atoms with Gasteiger partial charge < -0.3 is 9.47 Å². The molecule has 1 aliphatic rings. The Balaban J connectivity index is 1.36. The molecule has 1 saturated heterocycles. The summed E-state index contributed by atoms with van der Waals surface area (Å²) >= 11 is 0. The lowest BCUT2D eigenvalue weighted by Crippen LogP contribution is -2.43. The second-order valence-electron chi connectivity index (χ2n) is 6.62. The van der Waals surface area contributed by atoms with Crippen molar-refractivity contribution in [3.63, 3.8) is 0 Å². The first kappa shape index (κ1) is 18.7. The van der Waals surface area contributed by atoms with Crippen molar-refractivity contribution in [3.8, 4) is 5.75 Å². The van der Waals surface area contributed by atoms with Crippen LogP contribution in [0.1, 0.15) is 24.2 Å². The Labute approximate surface area is 154 Å². The van der Waals surface area contributed by atoms with E-state index in [1.54, 1.807) is 24.5 Å². The molecule has 2 aromatic rings. The lowest BCUT2D eigenvalue weighted by molar-refractivity contribution is -0.0328. The summed E-state index contributed by atoms with van der Waals surface area (Å²) in [5, 5.41) is 0. The standard InChI is InChI=1S/C20H26FN3O2/c1-16-13-17(23-15-22-16)7-8-18-14-24(10-12-25-18)9-4-11-26-20-6-3-2-5-19(20)21/h2-3,5-6,13,15,18H,4,7-12,14H2,1H3/t18-/m0/s1. The Kier molecular flexibility index (Phi) is 6.91. The molecule has 1 fully saturated rings. The Morgan fingerprint density at radius 3 is 3.04 bits per heavy atom. The first-order chi connectivity index (χ1) is 12.7. The maximum absolute atomic E-state index is 13.5. The van der Waals surface area contributed by atoms with Gasteiger partial charge in [0.2, 0.25) is 0 Å². The Hall–Kier alpha value is -2.05. The second-order valence-corrected chi connectivity index (χ2v) is 6.62. The topological polar surface area (TPSA) is 47.5 Å². The van der Waals surface area contributed by atoms with Crippen LogP contribution >= 0.6 is 0 Å². The Morgan fingerprint density at radius 1 is 1.31 bits per heavy atom. The highest BCUT2D eigenvalue weighted by Crippen LogP contribution is 2.16. The summed E-state index contributed by atoms with van der Waals surface area (Å²) < 4.78 is 24.9. The Bertz CT molecular complexity index is 698. The van der Waals surface area contributed by atoms with Crippen LogP contribution in [0.3, 0.4) is 0 Å². The molecule has 1 atom stereocenters. The van der Waals surface area contributed by atoms with Gasteiger partial charge in [0.05, 0.1) is 19.3 Å². The number of benzene rings is 1. The van der Waals surface area contributed by atoms with Gasteiger partial charge in [-0.3, -0.25) is 4.90 Å². The number of rotatable bonds is 8. The fourth-order valence-electron chi connectivity index (χ4n) is 3.15. The summed E-state index contributed by atoms with van der Waals surface area (Å²) in [5.74, 6) is 0.0198. The molecule has 0 radical (unpaired) electrons. The van der Waals surface area contributed by atoms with Crippen LogP contribution in [0, 0.1) is 12.7 Å². The minimum absolute atomic E-state index is 0.228. The zero-order valence-corrected chi connectivity index (χ0v) is 15.2. The average molecular weight is 359 g/mol. The summed E-state index contributed by atoms with van der Waals surface area (Å²) in [6, 6.07) is 8.56. The third-order valence-electron chi connectivity index (χ3n) is 4.52. The second kappa shape index (κ2) is 9.59. The molecular weight excluding hydrogens is 333 g/mol. The van der Waals surface area contributed by atoms with Crippen LogP contribution in [0.4, 0.5) is 4.39 Å². The summed E-state index contributed by atoms with van der Waals surface area (Å²) in [7, 11) is 0. The highest BCUT2D eigenvalue weighted by atomic mass is 19.1. The minimum Gasteiger partial charge on any atom is -0.490 e. The van der Waals surface area contributed by atoms with Crippen LogP contribution in [0.2, 0.25) is 0 Å². The van der Waals surface area contributed by atoms with Crippen LogP contribution < -0.4 is 4.74 Å². The summed E-state index contributed by atoms with van der Waals surface area (Å²) in [4.78, 5) is 10.8. The third-order valence-corrected chi connectivity index (χ3v) is 4.52. The maximum atomic E-state index is 13.5. The van der Waals surface area contributed by atoms with Crippen molar-refractivity contribution < 1.29 is 13.9 Å². The van der Waals surface area contributed by atoms with E-state index in [1.807, 2.05) is 13.0 Å². The van der Waals surface area contributed by atoms with Gasteiger partial charge >= 0.3 is 0 Å². The van der Waals surface area contributed by atoms with Gasteiger partial charge in [-0.15, -0.1) is 0 Å². The molecule has 5 nitrogen and oxygen atoms in total. The molecule has 1 aromatic carbocycles. The summed E-state index contributed by atoms with van der Waals surface area (Å²) in [5.41, 5.74) is 2.06. The van der Waals surface area contributed by atoms with Gasteiger partial charge in [-0.2, -0.15) is 0 Å². The van der Waals surface area contributed by atoms with Gasteiger partial charge in [0.15, 0.2) is 11.6 Å². The molecule has 1 aromatic heterocycles. The van der Waals surface area contributed by atoms with E-state index in [0.29, 0.717) is 12.4 Å². The van der Waals surface area contributed by atoms with E-state index >= 15 is 0 Å². The number of aromatic nitrogens is 2. The van der Waals surface area contributed by atoms with Gasteiger partial charge in [0.1, 0.15) is 6.33 Å². The third kappa shape index (κ3) is 5.75. The molecule has 0 aliphatic carbocycles. The lowest BCUT2D eigenvalue weighted by Gasteiger charge is -2.33. The monoisotopic (exact) mass is 359 g/mol. The van der Waals surface area contributed by atoms with E-state index in [9.17, 15) is 4.39 Å². The molecule has 0 unspecified atom stereocenters. The normalized spacial score (nSPS) is 18.0. The van der Waals surface area contributed by atoms with Crippen molar-refractivity contribution in [2.75, 3.05) is 32.8 Å². The van der Waals surface area contributed by atoms with E-state index < -0.39 is 0 Å². The molecular formula is C20H26FN3O2. The largest absolute Gasteiger partial charge is 0.490 e. The van der Waals surface area contributed by atoms with E-state index in [-0.39, 0.29) is 11.9 Å². The number of hydrogen-bond acceptors (Lipinski definition) is 5. The van der Waals surface area contributed by atoms with Gasteiger partial charge in [-0.1, -0.05) is 12.1 Å². The van der Waals surface area contributed by atoms with Crippen molar-refractivity contribution in [2.24, 2.45) is 0 Å². The van der Waals surface area contributed by atoms with Gasteiger partial charge in [0, 0.05) is 31.0 Å². The van der Waals surface area contributed by atoms with Crippen LogP contribution in [-0.4, -0.2) is 53.8 Å². The van der Waals surface area contributed by atoms with Crippen molar-refractivity contribution in [2.45, 2.75) is 32.3 Å². The molecule has 140 valence electrons. The summed E-state index contributed by atoms with van der Waals surface area (Å²) in [6.45, 7) is 6.03. The molecule has 1 aliphatic heterocycles. The van der Waals surface area contributed by atoms with Crippen LogP contribution in [-0.2, 0) is 11.2 Å². The number of ether oxygens (including phenoxy) is 2. The number of aryl methyl sites for hydroxylation is 2. The molecule has 6 heteroatoms. The van der Waals surface area contributed by atoms with Crippen molar-refractivity contribution >= 4 is 0 Å². The number of para-hydroxylation sites is 1. The van der Waals surface area contributed by atoms with Crippen LogP contribution in [0.15, 0.2) is 36.7 Å². The molecule has 3 rings (SSSR count). The van der Waals surface area contributed by atoms with Gasteiger partial charge in [-0.25, -0.2) is 14.4 Å². The molecule has 0 saturated carbocycles. The number of halogens is 1. The average Bonchev–Trinajstić information content (AvgIpc) is 2.65. The van der Waals surface area contributed by atoms with E-state index in [0.717, 1.165) is 56.9 Å². The quantitative estimate of drug-likeness (QED) is 0.678. The van der Waals surface area contributed by atoms with E-state index in [4.69, 9.17) is 9.47 Å². The number of morpholine rings is 1. The fraction of sp³-hybridized carbons (Fsp3) is 0.500. The van der Waals surface area contributed by atoms with Gasteiger partial charge in [-0.05, 0) is 44.4 Å². The molecule has 0 N–H and O–H groups in total. The molecule has 26 heavy (non-hydrogen) atoms. The lowest BCUT2D eigenvalue weighted by atomic mass is 10.1. The van der Waals surface area contributed by atoms with E-state index in [1.165, 1.54) is 6.07 Å². The smallest absolute Gasteiger partial charge is 0.165 e. The van der Waals surface area contributed by atoms with E-state index in [2.05, 4.69) is 14.9 Å². The highest BCUT2D eigenvalue weighted by Gasteiger charge is 2.20. The summed E-state index contributed by atoms with van der Waals surface area (Å²) in [6.07, 6.45) is 4.57. The highest BCUT2D eigenvalue weighted by molar-refractivity contribution is 5.23. The van der Waals surface area contributed by atoms with Crippen LogP contribution in [0.5, 0.6) is 5.75 Å². The van der Waals surface area contributed by atoms with Crippen molar-refractivity contribution in [1.82, 2.24) is 14.9 Å². The first-order valence-corrected chi connectivity index (χ1v) is 9.19. The van der Waals surface area contributed by atoms with Crippen molar-refractivity contribution in [3.05, 3.63) is 53.9 Å².